The first-order valence-electron chi connectivity index (χ1n) is 4.29. The molecule has 3 nitrogen and oxygen atoms in total. The number of nitrogens with one attached hydrogen (secondary N) is 2. The maximum Gasteiger partial charge on any atom is 0.204 e. The molecule has 0 spiro atoms. The molecule has 0 aliphatic carbocycles. The molecule has 0 radical (unpaired) electrons. The summed E-state index contributed by atoms with van der Waals surface area (Å²) in [4.78, 5) is 7.20. The van der Waals surface area contributed by atoms with Crippen molar-refractivity contribution in [3.63, 3.8) is 0 Å². The van der Waals surface area contributed by atoms with Crippen molar-refractivity contribution in [1.82, 2.24) is 9.97 Å². The molecule has 1 aromatic heterocycles. The Hall–Kier alpha value is -1.48. The van der Waals surface area contributed by atoms with Gasteiger partial charge in [-0.3, -0.25) is 0 Å². The van der Waals surface area contributed by atoms with Crippen LogP contribution in [0.4, 0.5) is 11.6 Å². The van der Waals surface area contributed by atoms with Crippen LogP contribution < -0.4 is 5.32 Å². The van der Waals surface area contributed by atoms with E-state index in [1.165, 1.54) is 0 Å². The van der Waals surface area contributed by atoms with Crippen LogP contribution in [0.1, 0.15) is 5.69 Å². The summed E-state index contributed by atoms with van der Waals surface area (Å²) in [5.41, 5.74) is 1.86. The van der Waals surface area contributed by atoms with Crippen LogP contribution in [0.2, 0.25) is 5.02 Å². The first kappa shape index (κ1) is 9.09. The van der Waals surface area contributed by atoms with Crippen LogP contribution in [0.25, 0.3) is 0 Å². The summed E-state index contributed by atoms with van der Waals surface area (Å²) in [5.74, 6) is 0.704. The zero-order chi connectivity index (χ0) is 9.97. The third-order valence-corrected chi connectivity index (χ3v) is 2.16. The summed E-state index contributed by atoms with van der Waals surface area (Å²) in [6.45, 7) is 1.95. The van der Waals surface area contributed by atoms with Crippen LogP contribution in [0.3, 0.4) is 0 Å². The second-order valence-electron chi connectivity index (χ2n) is 3.02. The highest BCUT2D eigenvalue weighted by atomic mass is 35.5. The maximum absolute atomic E-state index is 5.98. The first-order chi connectivity index (χ1) is 6.75. The number of imidazole rings is 1. The lowest BCUT2D eigenvalue weighted by molar-refractivity contribution is 1.24. The Morgan fingerprint density at radius 1 is 1.36 bits per heavy atom. The number of nitrogens with zero attached hydrogens (tertiary/aromatic N) is 1. The molecule has 2 N–H and O–H groups in total. The molecule has 14 heavy (non-hydrogen) atoms. The van der Waals surface area contributed by atoms with E-state index in [9.17, 15) is 0 Å². The highest BCUT2D eigenvalue weighted by molar-refractivity contribution is 6.33. The number of para-hydroxylation sites is 1. The third-order valence-electron chi connectivity index (χ3n) is 1.83. The van der Waals surface area contributed by atoms with Gasteiger partial charge in [-0.2, -0.15) is 0 Å². The number of anilines is 2. The molecule has 0 saturated heterocycles. The number of hydrogen-bond donors (Lipinski definition) is 2. The molecular weight excluding hydrogens is 198 g/mol. The average Bonchev–Trinajstić information content (AvgIpc) is 2.56. The fourth-order valence-electron chi connectivity index (χ4n) is 1.17. The number of benzene rings is 1. The van der Waals surface area contributed by atoms with E-state index in [1.54, 1.807) is 6.20 Å². The molecule has 2 rings (SSSR count). The molecule has 0 fully saturated rings. The molecule has 1 aromatic carbocycles. The van der Waals surface area contributed by atoms with E-state index in [2.05, 4.69) is 15.3 Å². The Balaban J connectivity index is 2.23. The topological polar surface area (TPSA) is 40.7 Å². The number of aryl methyl sites for hydroxylation is 1. The van der Waals surface area contributed by atoms with Crippen LogP contribution in [0.15, 0.2) is 30.5 Å². The highest BCUT2D eigenvalue weighted by Gasteiger charge is 2.00. The SMILES string of the molecule is Cc1cnc(Nc2ccccc2Cl)[nH]1. The van der Waals surface area contributed by atoms with Crippen molar-refractivity contribution < 1.29 is 0 Å². The summed E-state index contributed by atoms with van der Waals surface area (Å²) in [7, 11) is 0. The van der Waals surface area contributed by atoms with Crippen LogP contribution in [0, 0.1) is 6.92 Å². The second-order valence-corrected chi connectivity index (χ2v) is 3.43. The molecule has 4 heteroatoms. The largest absolute Gasteiger partial charge is 0.328 e. The Labute approximate surface area is 87.1 Å². The van der Waals surface area contributed by atoms with E-state index in [0.29, 0.717) is 11.0 Å². The normalized spacial score (nSPS) is 10.1. The van der Waals surface area contributed by atoms with Gasteiger partial charge < -0.3 is 10.3 Å². The number of hydrogen-bond acceptors (Lipinski definition) is 2. The lowest BCUT2D eigenvalue weighted by atomic mass is 10.3. The van der Waals surface area contributed by atoms with Gasteiger partial charge in [0.05, 0.1) is 10.7 Å². The van der Waals surface area contributed by atoms with Crippen molar-refractivity contribution in [2.45, 2.75) is 6.92 Å². The van der Waals surface area contributed by atoms with Crippen molar-refractivity contribution in [1.29, 1.82) is 0 Å². The summed E-state index contributed by atoms with van der Waals surface area (Å²) < 4.78 is 0. The second kappa shape index (κ2) is 3.72. The number of aromatic amines is 1. The van der Waals surface area contributed by atoms with Gasteiger partial charge in [-0.05, 0) is 19.1 Å². The predicted octanol–water partition coefficient (Wildman–Crippen LogP) is 3.12. The standard InChI is InChI=1S/C10H10ClN3/c1-7-6-12-10(13-7)14-9-5-3-2-4-8(9)11/h2-6H,1H3,(H2,12,13,14). The van der Waals surface area contributed by atoms with Crippen molar-refractivity contribution in [3.8, 4) is 0 Å². The van der Waals surface area contributed by atoms with Gasteiger partial charge in [0.15, 0.2) is 0 Å². The molecule has 0 aliphatic rings. The van der Waals surface area contributed by atoms with E-state index >= 15 is 0 Å². The van der Waals surface area contributed by atoms with Gasteiger partial charge in [-0.15, -0.1) is 0 Å². The van der Waals surface area contributed by atoms with Crippen molar-refractivity contribution in [3.05, 3.63) is 41.2 Å². The summed E-state index contributed by atoms with van der Waals surface area (Å²) in [6.07, 6.45) is 1.76. The fraction of sp³-hybridized carbons (Fsp3) is 0.100. The number of halogens is 1. The van der Waals surface area contributed by atoms with E-state index in [-0.39, 0.29) is 0 Å². The lowest BCUT2D eigenvalue weighted by Crippen LogP contribution is -1.92. The molecule has 0 bridgehead atoms. The minimum atomic E-state index is 0.682. The Morgan fingerprint density at radius 2 is 2.14 bits per heavy atom. The summed E-state index contributed by atoms with van der Waals surface area (Å²) >= 11 is 5.98. The number of aromatic nitrogens is 2. The number of rotatable bonds is 2. The zero-order valence-corrected chi connectivity index (χ0v) is 8.47. The van der Waals surface area contributed by atoms with Gasteiger partial charge in [-0.25, -0.2) is 4.98 Å². The minimum Gasteiger partial charge on any atom is -0.328 e. The molecule has 0 saturated carbocycles. The molecule has 0 aliphatic heterocycles. The van der Waals surface area contributed by atoms with Crippen molar-refractivity contribution in [2.75, 3.05) is 5.32 Å². The average molecular weight is 208 g/mol. The molecule has 1 heterocycles. The number of H-pyrrole nitrogens is 1. The quantitative estimate of drug-likeness (QED) is 0.795. The van der Waals surface area contributed by atoms with E-state index in [1.807, 2.05) is 31.2 Å². The van der Waals surface area contributed by atoms with Gasteiger partial charge in [-0.1, -0.05) is 23.7 Å². The monoisotopic (exact) mass is 207 g/mol. The van der Waals surface area contributed by atoms with E-state index in [0.717, 1.165) is 11.4 Å². The highest BCUT2D eigenvalue weighted by Crippen LogP contribution is 2.23. The van der Waals surface area contributed by atoms with Crippen molar-refractivity contribution in [2.24, 2.45) is 0 Å². The van der Waals surface area contributed by atoms with E-state index < -0.39 is 0 Å². The molecule has 2 aromatic rings. The van der Waals surface area contributed by atoms with Crippen LogP contribution in [-0.4, -0.2) is 9.97 Å². The lowest BCUT2D eigenvalue weighted by Gasteiger charge is -2.03. The summed E-state index contributed by atoms with van der Waals surface area (Å²) in [5, 5.41) is 3.78. The van der Waals surface area contributed by atoms with Crippen LogP contribution in [-0.2, 0) is 0 Å². The molecule has 72 valence electrons. The van der Waals surface area contributed by atoms with Gasteiger partial charge in [0.2, 0.25) is 5.95 Å². The van der Waals surface area contributed by atoms with Crippen LogP contribution in [0.5, 0.6) is 0 Å². The minimum absolute atomic E-state index is 0.682. The Morgan fingerprint density at radius 3 is 2.79 bits per heavy atom. The van der Waals surface area contributed by atoms with Gasteiger partial charge in [0.1, 0.15) is 0 Å². The van der Waals surface area contributed by atoms with Gasteiger partial charge in [0.25, 0.3) is 0 Å². The maximum atomic E-state index is 5.98. The Bertz CT molecular complexity index is 436. The smallest absolute Gasteiger partial charge is 0.204 e. The third kappa shape index (κ3) is 1.88. The summed E-state index contributed by atoms with van der Waals surface area (Å²) in [6, 6.07) is 7.55. The van der Waals surface area contributed by atoms with E-state index in [4.69, 9.17) is 11.6 Å². The molecule has 0 amide bonds. The predicted molar refractivity (Wildman–Crippen MR) is 58.1 cm³/mol. The molecule has 0 atom stereocenters. The van der Waals surface area contributed by atoms with Crippen molar-refractivity contribution >= 4 is 23.2 Å². The van der Waals surface area contributed by atoms with Gasteiger partial charge >= 0.3 is 0 Å². The zero-order valence-electron chi connectivity index (χ0n) is 7.71. The first-order valence-corrected chi connectivity index (χ1v) is 4.66. The van der Waals surface area contributed by atoms with Crippen LogP contribution >= 0.6 is 11.6 Å². The Kier molecular flexibility index (Phi) is 2.41. The van der Waals surface area contributed by atoms with Gasteiger partial charge in [0, 0.05) is 11.9 Å². The fourth-order valence-corrected chi connectivity index (χ4v) is 1.35. The molecular formula is C10H10ClN3. The molecule has 0 unspecified atom stereocenters.